The van der Waals surface area contributed by atoms with Crippen molar-refractivity contribution < 1.29 is 13.3 Å². The third-order valence-corrected chi connectivity index (χ3v) is 5.96. The van der Waals surface area contributed by atoms with Gasteiger partial charge >= 0.3 is 0 Å². The summed E-state index contributed by atoms with van der Waals surface area (Å²) < 4.78 is 27.9. The van der Waals surface area contributed by atoms with Crippen LogP contribution in [0.2, 0.25) is 0 Å². The summed E-state index contributed by atoms with van der Waals surface area (Å²) in [5.74, 6) is 0. The summed E-state index contributed by atoms with van der Waals surface area (Å²) in [5, 5.41) is 15.3. The number of nitro benzene ring substituents is 1. The monoisotopic (exact) mass is 426 g/mol. The first-order chi connectivity index (χ1) is 14.4. The molecular weight excluding hydrogens is 404 g/mol. The van der Waals surface area contributed by atoms with Gasteiger partial charge in [-0.15, -0.1) is 0 Å². The summed E-state index contributed by atoms with van der Waals surface area (Å²) in [5.41, 5.74) is 1.94. The number of benzene rings is 2. The van der Waals surface area contributed by atoms with Gasteiger partial charge in [0.05, 0.1) is 9.82 Å². The molecular formula is C21H22N4O4S. The van der Waals surface area contributed by atoms with Crippen molar-refractivity contribution in [3.8, 4) is 0 Å². The zero-order chi connectivity index (χ0) is 21.6. The zero-order valence-corrected chi connectivity index (χ0v) is 17.2. The van der Waals surface area contributed by atoms with Gasteiger partial charge in [-0.25, -0.2) is 13.1 Å². The summed E-state index contributed by atoms with van der Waals surface area (Å²) in [6, 6.07) is 13.1. The van der Waals surface area contributed by atoms with Crippen LogP contribution in [0.1, 0.15) is 12.5 Å². The van der Waals surface area contributed by atoms with Gasteiger partial charge in [-0.3, -0.25) is 15.1 Å². The van der Waals surface area contributed by atoms with Crippen LogP contribution in [-0.2, 0) is 10.0 Å². The highest BCUT2D eigenvalue weighted by Gasteiger charge is 2.16. The molecule has 8 nitrogen and oxygen atoms in total. The van der Waals surface area contributed by atoms with Crippen LogP contribution in [-0.4, -0.2) is 38.0 Å². The lowest BCUT2D eigenvalue weighted by molar-refractivity contribution is -0.384. The average Bonchev–Trinajstić information content (AvgIpc) is 2.73. The van der Waals surface area contributed by atoms with Gasteiger partial charge in [-0.05, 0) is 36.8 Å². The second kappa shape index (κ2) is 9.57. The van der Waals surface area contributed by atoms with Crippen LogP contribution >= 0.6 is 0 Å². The van der Waals surface area contributed by atoms with Gasteiger partial charge in [0.2, 0.25) is 10.0 Å². The molecule has 0 saturated heterocycles. The van der Waals surface area contributed by atoms with Crippen molar-refractivity contribution in [1.29, 1.82) is 0 Å². The number of non-ortho nitro benzene ring substituents is 1. The Morgan fingerprint density at radius 2 is 1.90 bits per heavy atom. The number of fused-ring (bicyclic) bond motifs is 1. The molecule has 3 aromatic rings. The summed E-state index contributed by atoms with van der Waals surface area (Å²) >= 11 is 0. The smallest absolute Gasteiger partial charge is 0.269 e. The molecule has 0 amide bonds. The Labute approximate surface area is 174 Å². The maximum atomic E-state index is 12.6. The third-order valence-electron chi connectivity index (χ3n) is 4.44. The predicted molar refractivity (Wildman–Crippen MR) is 117 cm³/mol. The van der Waals surface area contributed by atoms with Crippen molar-refractivity contribution in [2.75, 3.05) is 19.6 Å². The third kappa shape index (κ3) is 5.47. The SMILES string of the molecule is CC(=Cc1ccc([N+](=O)[O-])cc1)CNCCNS(=O)(=O)c1cccc2cnccc12. The standard InChI is InChI=1S/C21H22N4O4S/c1-16(13-17-5-7-19(8-6-17)25(26)27)14-23-11-12-24-30(28,29)21-4-2-3-18-15-22-10-9-20(18)21/h2-10,13,15,23-24H,11-12,14H2,1H3. The fourth-order valence-electron chi connectivity index (χ4n) is 2.99. The molecule has 0 aliphatic heterocycles. The Kier molecular flexibility index (Phi) is 6.88. The topological polar surface area (TPSA) is 114 Å². The van der Waals surface area contributed by atoms with Gasteiger partial charge in [0.1, 0.15) is 0 Å². The number of nitro groups is 1. The molecule has 0 aliphatic carbocycles. The summed E-state index contributed by atoms with van der Waals surface area (Å²) in [4.78, 5) is 14.5. The first kappa shape index (κ1) is 21.6. The minimum atomic E-state index is -3.63. The van der Waals surface area contributed by atoms with E-state index in [4.69, 9.17) is 0 Å². The zero-order valence-electron chi connectivity index (χ0n) is 16.4. The fourth-order valence-corrected chi connectivity index (χ4v) is 4.25. The Hall–Kier alpha value is -3.14. The van der Waals surface area contributed by atoms with Crippen LogP contribution in [0.3, 0.4) is 0 Å². The molecule has 2 aromatic carbocycles. The van der Waals surface area contributed by atoms with Gasteiger partial charge in [0.25, 0.3) is 5.69 Å². The molecule has 9 heteroatoms. The fraction of sp³-hybridized carbons (Fsp3) is 0.190. The molecule has 3 rings (SSSR count). The molecule has 0 bridgehead atoms. The molecule has 0 spiro atoms. The summed E-state index contributed by atoms with van der Waals surface area (Å²) in [6.07, 6.45) is 5.13. The van der Waals surface area contributed by atoms with E-state index in [-0.39, 0.29) is 17.1 Å². The van der Waals surface area contributed by atoms with Crippen molar-refractivity contribution in [1.82, 2.24) is 15.0 Å². The molecule has 0 aliphatic rings. The quantitative estimate of drug-likeness (QED) is 0.309. The van der Waals surface area contributed by atoms with Crippen LogP contribution < -0.4 is 10.0 Å². The van der Waals surface area contributed by atoms with E-state index >= 15 is 0 Å². The van der Waals surface area contributed by atoms with E-state index in [1.807, 2.05) is 19.1 Å². The summed E-state index contributed by atoms with van der Waals surface area (Å²) in [6.45, 7) is 3.20. The van der Waals surface area contributed by atoms with Crippen LogP contribution in [0.15, 0.2) is 71.4 Å². The van der Waals surface area contributed by atoms with Crippen molar-refractivity contribution >= 4 is 32.6 Å². The average molecular weight is 426 g/mol. The predicted octanol–water partition coefficient (Wildman–Crippen LogP) is 3.11. The molecule has 0 fully saturated rings. The number of rotatable bonds is 9. The molecule has 156 valence electrons. The van der Waals surface area contributed by atoms with Crippen molar-refractivity contribution in [3.05, 3.63) is 82.2 Å². The Balaban J connectivity index is 1.51. The molecule has 30 heavy (non-hydrogen) atoms. The molecule has 1 aromatic heterocycles. The van der Waals surface area contributed by atoms with E-state index in [2.05, 4.69) is 15.0 Å². The molecule has 0 radical (unpaired) electrons. The first-order valence-electron chi connectivity index (χ1n) is 9.31. The molecule has 0 saturated carbocycles. The second-order valence-corrected chi connectivity index (χ2v) is 8.50. The van der Waals surface area contributed by atoms with Gasteiger partial charge < -0.3 is 5.32 Å². The van der Waals surface area contributed by atoms with E-state index in [0.29, 0.717) is 18.5 Å². The van der Waals surface area contributed by atoms with E-state index in [0.717, 1.165) is 16.5 Å². The number of nitrogens with one attached hydrogen (secondary N) is 2. The lowest BCUT2D eigenvalue weighted by Crippen LogP contribution is -2.32. The maximum absolute atomic E-state index is 12.6. The van der Waals surface area contributed by atoms with Gasteiger partial charge in [-0.2, -0.15) is 0 Å². The Bertz CT molecular complexity index is 1170. The van der Waals surface area contributed by atoms with Crippen LogP contribution in [0, 0.1) is 10.1 Å². The van der Waals surface area contributed by atoms with E-state index < -0.39 is 14.9 Å². The maximum Gasteiger partial charge on any atom is 0.269 e. The molecule has 1 heterocycles. The number of hydrogen-bond donors (Lipinski definition) is 2. The number of nitrogens with zero attached hydrogens (tertiary/aromatic N) is 2. The van der Waals surface area contributed by atoms with Crippen molar-refractivity contribution in [2.45, 2.75) is 11.8 Å². The van der Waals surface area contributed by atoms with Crippen molar-refractivity contribution in [2.24, 2.45) is 0 Å². The van der Waals surface area contributed by atoms with E-state index in [9.17, 15) is 18.5 Å². The largest absolute Gasteiger partial charge is 0.312 e. The van der Waals surface area contributed by atoms with Crippen molar-refractivity contribution in [3.63, 3.8) is 0 Å². The number of hydrogen-bond acceptors (Lipinski definition) is 6. The highest BCUT2D eigenvalue weighted by molar-refractivity contribution is 7.89. The molecule has 2 N–H and O–H groups in total. The van der Waals surface area contributed by atoms with Gasteiger partial charge in [0.15, 0.2) is 0 Å². The van der Waals surface area contributed by atoms with Crippen LogP contribution in [0.25, 0.3) is 16.8 Å². The molecule has 0 unspecified atom stereocenters. The highest BCUT2D eigenvalue weighted by Crippen LogP contribution is 2.21. The lowest BCUT2D eigenvalue weighted by Gasteiger charge is -2.10. The highest BCUT2D eigenvalue weighted by atomic mass is 32.2. The Morgan fingerprint density at radius 3 is 2.63 bits per heavy atom. The lowest BCUT2D eigenvalue weighted by atomic mass is 10.1. The number of pyridine rings is 1. The Morgan fingerprint density at radius 1 is 1.13 bits per heavy atom. The van der Waals surface area contributed by atoms with Crippen LogP contribution in [0.4, 0.5) is 5.69 Å². The minimum absolute atomic E-state index is 0.0534. The van der Waals surface area contributed by atoms with Crippen LogP contribution in [0.5, 0.6) is 0 Å². The normalized spacial score (nSPS) is 12.2. The minimum Gasteiger partial charge on any atom is -0.312 e. The van der Waals surface area contributed by atoms with E-state index in [1.165, 1.54) is 12.1 Å². The van der Waals surface area contributed by atoms with E-state index in [1.54, 1.807) is 42.7 Å². The number of aromatic nitrogens is 1. The second-order valence-electron chi connectivity index (χ2n) is 6.77. The van der Waals surface area contributed by atoms with Gasteiger partial charge in [0, 0.05) is 54.9 Å². The molecule has 0 atom stereocenters. The number of sulfonamides is 1. The summed E-state index contributed by atoms with van der Waals surface area (Å²) in [7, 11) is -3.63. The first-order valence-corrected chi connectivity index (χ1v) is 10.8. The van der Waals surface area contributed by atoms with Gasteiger partial charge in [-0.1, -0.05) is 23.8 Å².